The van der Waals surface area contributed by atoms with Crippen molar-refractivity contribution >= 4 is 58.6 Å². The van der Waals surface area contributed by atoms with Gasteiger partial charge in [-0.2, -0.15) is 0 Å². The molecule has 0 spiro atoms. The lowest BCUT2D eigenvalue weighted by atomic mass is 10.1. The van der Waals surface area contributed by atoms with Crippen molar-refractivity contribution in [3.05, 3.63) is 131 Å². The highest BCUT2D eigenvalue weighted by atomic mass is 32.2. The van der Waals surface area contributed by atoms with E-state index in [1.807, 2.05) is 31.2 Å². The molecule has 2 N–H and O–H groups in total. The van der Waals surface area contributed by atoms with Crippen molar-refractivity contribution in [3.63, 3.8) is 0 Å². The van der Waals surface area contributed by atoms with E-state index in [2.05, 4.69) is 10.6 Å². The minimum atomic E-state index is -0.650. The number of imide groups is 1. The molecule has 0 aromatic heterocycles. The van der Waals surface area contributed by atoms with Crippen LogP contribution in [-0.4, -0.2) is 34.7 Å². The van der Waals surface area contributed by atoms with Crippen LogP contribution in [0, 0.1) is 6.92 Å². The smallest absolute Gasteiger partial charge is 0.272 e. The van der Waals surface area contributed by atoms with Crippen molar-refractivity contribution in [1.29, 1.82) is 0 Å². The summed E-state index contributed by atoms with van der Waals surface area (Å²) in [7, 11) is 0. The molecule has 0 bridgehead atoms. The number of carbonyl (C=O) groups is 5. The van der Waals surface area contributed by atoms with Crippen LogP contribution < -0.4 is 15.5 Å². The van der Waals surface area contributed by atoms with Gasteiger partial charge in [0.1, 0.15) is 5.70 Å². The van der Waals surface area contributed by atoms with Gasteiger partial charge in [-0.25, -0.2) is 4.90 Å². The number of nitrogens with zero attached hydrogens (tertiary/aromatic N) is 1. The van der Waals surface area contributed by atoms with Crippen LogP contribution in [0.4, 0.5) is 11.4 Å². The number of hydrogen-bond donors (Lipinski definition) is 2. The van der Waals surface area contributed by atoms with E-state index in [9.17, 15) is 24.0 Å². The molecular weight excluding hydrogens is 574 g/mol. The molecule has 1 atom stereocenters. The molecule has 9 heteroatoms. The van der Waals surface area contributed by atoms with Gasteiger partial charge in [-0.3, -0.25) is 24.0 Å². The first-order valence-corrected chi connectivity index (χ1v) is 14.8. The Morgan fingerprint density at radius 3 is 2.23 bits per heavy atom. The van der Waals surface area contributed by atoms with E-state index in [1.54, 1.807) is 84.9 Å². The van der Waals surface area contributed by atoms with Crippen LogP contribution in [-0.2, 0) is 14.4 Å². The highest BCUT2D eigenvalue weighted by Crippen LogP contribution is 2.35. The Morgan fingerprint density at radius 1 is 0.841 bits per heavy atom. The van der Waals surface area contributed by atoms with Gasteiger partial charge in [-0.15, -0.1) is 11.8 Å². The second-order valence-electron chi connectivity index (χ2n) is 10.3. The van der Waals surface area contributed by atoms with Gasteiger partial charge in [0.15, 0.2) is 5.78 Å². The number of thioether (sulfide) groups is 1. The van der Waals surface area contributed by atoms with Crippen molar-refractivity contribution in [2.45, 2.75) is 30.4 Å². The molecule has 1 fully saturated rings. The van der Waals surface area contributed by atoms with Crippen molar-refractivity contribution in [3.8, 4) is 0 Å². The second-order valence-corrected chi connectivity index (χ2v) is 11.5. The van der Waals surface area contributed by atoms with Crippen LogP contribution >= 0.6 is 11.8 Å². The number of benzene rings is 4. The third-order valence-electron chi connectivity index (χ3n) is 6.92. The molecule has 4 aromatic rings. The van der Waals surface area contributed by atoms with Crippen molar-refractivity contribution < 1.29 is 24.0 Å². The zero-order valence-corrected chi connectivity index (χ0v) is 24.9. The zero-order chi connectivity index (χ0) is 31.2. The van der Waals surface area contributed by atoms with E-state index < -0.39 is 17.1 Å². The van der Waals surface area contributed by atoms with Crippen LogP contribution in [0.2, 0.25) is 0 Å². The molecule has 0 saturated carbocycles. The summed E-state index contributed by atoms with van der Waals surface area (Å²) in [5.41, 5.74) is 3.64. The molecule has 1 saturated heterocycles. The van der Waals surface area contributed by atoms with Gasteiger partial charge >= 0.3 is 0 Å². The average molecular weight is 604 g/mol. The number of rotatable bonds is 9. The molecule has 4 amide bonds. The van der Waals surface area contributed by atoms with Gasteiger partial charge in [0.05, 0.1) is 10.9 Å². The Balaban J connectivity index is 1.31. The number of carbonyl (C=O) groups excluding carboxylic acids is 5. The van der Waals surface area contributed by atoms with Crippen molar-refractivity contribution in [1.82, 2.24) is 5.32 Å². The first kappa shape index (κ1) is 30.2. The topological polar surface area (TPSA) is 113 Å². The molecule has 8 nitrogen and oxygen atoms in total. The Labute approximate surface area is 259 Å². The summed E-state index contributed by atoms with van der Waals surface area (Å²) in [5.74, 6) is -1.73. The molecule has 4 aromatic carbocycles. The predicted octanol–water partition coefficient (Wildman–Crippen LogP) is 6.03. The molecule has 5 rings (SSSR count). The van der Waals surface area contributed by atoms with E-state index in [4.69, 9.17) is 0 Å². The largest absolute Gasteiger partial charge is 0.321 e. The monoisotopic (exact) mass is 603 g/mol. The first-order chi connectivity index (χ1) is 21.2. The predicted molar refractivity (Wildman–Crippen MR) is 171 cm³/mol. The Kier molecular flexibility index (Phi) is 9.16. The number of aryl methyl sites for hydroxylation is 1. The summed E-state index contributed by atoms with van der Waals surface area (Å²) >= 11 is 1.23. The normalized spacial score (nSPS) is 14.8. The van der Waals surface area contributed by atoms with Gasteiger partial charge in [0, 0.05) is 28.1 Å². The fourth-order valence-corrected chi connectivity index (χ4v) is 5.71. The number of amides is 4. The van der Waals surface area contributed by atoms with Gasteiger partial charge < -0.3 is 10.6 Å². The number of Topliss-reactive ketones (excluding diaryl/α,β-unsaturated/α-hetero) is 1. The van der Waals surface area contributed by atoms with Crippen molar-refractivity contribution in [2.75, 3.05) is 10.2 Å². The summed E-state index contributed by atoms with van der Waals surface area (Å²) in [5, 5.41) is 4.92. The Morgan fingerprint density at radius 2 is 1.55 bits per heavy atom. The average Bonchev–Trinajstić information content (AvgIpc) is 3.30. The molecule has 1 heterocycles. The fourth-order valence-electron chi connectivity index (χ4n) is 4.59. The lowest BCUT2D eigenvalue weighted by Gasteiger charge is -2.15. The molecule has 0 aliphatic carbocycles. The number of hydrogen-bond acceptors (Lipinski definition) is 6. The second kappa shape index (κ2) is 13.4. The minimum absolute atomic E-state index is 0.0174. The van der Waals surface area contributed by atoms with Gasteiger partial charge in [-0.05, 0) is 80.1 Å². The van der Waals surface area contributed by atoms with E-state index in [0.29, 0.717) is 27.4 Å². The number of ketones is 1. The molecular formula is C35H29N3O5S. The lowest BCUT2D eigenvalue weighted by molar-refractivity contribution is -0.121. The van der Waals surface area contributed by atoms with Crippen LogP contribution in [0.25, 0.3) is 6.08 Å². The molecule has 44 heavy (non-hydrogen) atoms. The summed E-state index contributed by atoms with van der Waals surface area (Å²) in [6.45, 7) is 3.41. The molecule has 1 aliphatic rings. The van der Waals surface area contributed by atoms with Crippen molar-refractivity contribution in [2.24, 2.45) is 0 Å². The van der Waals surface area contributed by atoms with Crippen LogP contribution in [0.15, 0.2) is 114 Å². The first-order valence-electron chi connectivity index (χ1n) is 13.9. The molecule has 1 aliphatic heterocycles. The minimum Gasteiger partial charge on any atom is -0.321 e. The Hall–Kier alpha value is -5.28. The molecule has 0 radical (unpaired) electrons. The fraction of sp³-hybridized carbons (Fsp3) is 0.114. The SMILES string of the molecule is CC(=O)c1ccc(N2C(=O)C[C@H](Sc3cccc(NC(=O)/C(=C/c4ccc(C)cc4)NC(=O)c4ccccc4)c3)C2=O)cc1. The molecule has 220 valence electrons. The highest BCUT2D eigenvalue weighted by molar-refractivity contribution is 8.00. The third-order valence-corrected chi connectivity index (χ3v) is 8.10. The van der Waals surface area contributed by atoms with Gasteiger partial charge in [0.2, 0.25) is 11.8 Å². The standard InChI is InChI=1S/C35H29N3O5S/c1-22-11-13-24(14-12-22)19-30(37-33(41)26-7-4-3-5-8-26)34(42)36-27-9-6-10-29(20-27)44-31-21-32(40)38(35(31)43)28-17-15-25(16-18-28)23(2)39/h3-20,31H,21H2,1-2H3,(H,36,42)(H,37,41)/b30-19-/t31-/m0/s1. The van der Waals surface area contributed by atoms with E-state index in [-0.39, 0.29) is 29.7 Å². The summed E-state index contributed by atoms with van der Waals surface area (Å²) in [6, 6.07) is 29.5. The van der Waals surface area contributed by atoms with E-state index >= 15 is 0 Å². The number of anilines is 2. The van der Waals surface area contributed by atoms with Gasteiger partial charge in [-0.1, -0.05) is 54.1 Å². The summed E-state index contributed by atoms with van der Waals surface area (Å²) in [4.78, 5) is 65.8. The summed E-state index contributed by atoms with van der Waals surface area (Å²) in [6.07, 6.45) is 1.62. The maximum atomic E-state index is 13.4. The highest BCUT2D eigenvalue weighted by Gasteiger charge is 2.40. The van der Waals surface area contributed by atoms with E-state index in [1.165, 1.54) is 18.7 Å². The number of nitrogens with one attached hydrogen (secondary N) is 2. The Bertz CT molecular complexity index is 1770. The molecule has 0 unspecified atom stereocenters. The van der Waals surface area contributed by atoms with Crippen LogP contribution in [0.5, 0.6) is 0 Å². The van der Waals surface area contributed by atoms with Crippen LogP contribution in [0.3, 0.4) is 0 Å². The van der Waals surface area contributed by atoms with E-state index in [0.717, 1.165) is 16.0 Å². The lowest BCUT2D eigenvalue weighted by Crippen LogP contribution is -2.31. The maximum absolute atomic E-state index is 13.4. The van der Waals surface area contributed by atoms with Gasteiger partial charge in [0.25, 0.3) is 11.8 Å². The summed E-state index contributed by atoms with van der Waals surface area (Å²) < 4.78 is 0. The quantitative estimate of drug-likeness (QED) is 0.137. The maximum Gasteiger partial charge on any atom is 0.272 e. The zero-order valence-electron chi connectivity index (χ0n) is 24.1. The van der Waals surface area contributed by atoms with Crippen LogP contribution in [0.1, 0.15) is 45.2 Å². The third kappa shape index (κ3) is 7.19.